The first-order valence-corrected chi connectivity index (χ1v) is 20.9. The molecule has 8 aromatic carbocycles. The number of benzene rings is 8. The molecule has 280 valence electrons. The minimum atomic E-state index is 0.654. The molecule has 0 radical (unpaired) electrons. The van der Waals surface area contributed by atoms with Gasteiger partial charge in [-0.15, -0.1) is 11.3 Å². The summed E-state index contributed by atoms with van der Waals surface area (Å²) in [6.45, 7) is 0. The standard InChI is InChI=1S/C55H33N3OS/c1-3-13-34(14-4-1)36-17-11-18-37(29-36)38-25-27-46-45(31-38)52-43-22-8-10-24-51(43)60-54(52)53(56-46)40-19-12-20-41(30-40)55-57-47(35-15-5-2-6-16-35)33-48(58-55)39-26-28-50-44(32-39)42-21-7-9-23-49(42)59-50/h1-33H. The van der Waals surface area contributed by atoms with Crippen LogP contribution in [0.15, 0.2) is 205 Å². The van der Waals surface area contributed by atoms with Crippen LogP contribution in [0.4, 0.5) is 0 Å². The van der Waals surface area contributed by atoms with Crippen molar-refractivity contribution in [2.75, 3.05) is 0 Å². The molecule has 0 saturated heterocycles. The molecule has 0 spiro atoms. The lowest BCUT2D eigenvalue weighted by Crippen LogP contribution is -1.96. The first kappa shape index (κ1) is 34.3. The Bertz CT molecular complexity index is 3610. The zero-order chi connectivity index (χ0) is 39.6. The fraction of sp³-hybridized carbons (Fsp3) is 0. The molecule has 4 heterocycles. The van der Waals surface area contributed by atoms with Crippen LogP contribution in [-0.4, -0.2) is 15.0 Å². The van der Waals surface area contributed by atoms with Gasteiger partial charge in [0.15, 0.2) is 5.82 Å². The van der Waals surface area contributed by atoms with E-state index in [9.17, 15) is 0 Å². The van der Waals surface area contributed by atoms with Crippen molar-refractivity contribution in [3.05, 3.63) is 200 Å². The lowest BCUT2D eigenvalue weighted by molar-refractivity contribution is 0.669. The predicted molar refractivity (Wildman–Crippen MR) is 250 cm³/mol. The molecular formula is C55H33N3OS. The molecule has 0 unspecified atom stereocenters. The number of hydrogen-bond acceptors (Lipinski definition) is 5. The molecule has 0 atom stereocenters. The maximum atomic E-state index is 6.17. The van der Waals surface area contributed by atoms with Gasteiger partial charge in [-0.1, -0.05) is 140 Å². The molecule has 12 aromatic rings. The highest BCUT2D eigenvalue weighted by molar-refractivity contribution is 7.26. The highest BCUT2D eigenvalue weighted by Gasteiger charge is 2.19. The molecule has 12 rings (SSSR count). The largest absolute Gasteiger partial charge is 0.456 e. The lowest BCUT2D eigenvalue weighted by Gasteiger charge is -2.12. The van der Waals surface area contributed by atoms with Crippen LogP contribution in [0.1, 0.15) is 0 Å². The second-order valence-electron chi connectivity index (χ2n) is 15.2. The number of nitrogens with zero attached hydrogens (tertiary/aromatic N) is 3. The van der Waals surface area contributed by atoms with Gasteiger partial charge in [-0.05, 0) is 82.9 Å². The molecule has 4 aromatic heterocycles. The summed E-state index contributed by atoms with van der Waals surface area (Å²) in [6, 6.07) is 70.2. The molecule has 60 heavy (non-hydrogen) atoms. The first-order chi connectivity index (χ1) is 29.7. The highest BCUT2D eigenvalue weighted by Crippen LogP contribution is 2.44. The van der Waals surface area contributed by atoms with Crippen LogP contribution in [0.25, 0.3) is 120 Å². The van der Waals surface area contributed by atoms with E-state index < -0.39 is 0 Å². The summed E-state index contributed by atoms with van der Waals surface area (Å²) in [5.74, 6) is 0.654. The van der Waals surface area contributed by atoms with Crippen molar-refractivity contribution in [3.63, 3.8) is 0 Å². The number of thiophene rings is 1. The van der Waals surface area contributed by atoms with Crippen LogP contribution in [0, 0.1) is 0 Å². The predicted octanol–water partition coefficient (Wildman–Crippen LogP) is 15.3. The number of aromatic nitrogens is 3. The molecule has 0 bridgehead atoms. The Morgan fingerprint density at radius 2 is 0.933 bits per heavy atom. The van der Waals surface area contributed by atoms with Gasteiger partial charge in [0.2, 0.25) is 0 Å². The Hall–Kier alpha value is -7.73. The van der Waals surface area contributed by atoms with Gasteiger partial charge in [-0.2, -0.15) is 0 Å². The number of fused-ring (bicyclic) bond motifs is 8. The maximum Gasteiger partial charge on any atom is 0.160 e. The summed E-state index contributed by atoms with van der Waals surface area (Å²) in [5, 5.41) is 5.77. The molecule has 0 saturated carbocycles. The smallest absolute Gasteiger partial charge is 0.160 e. The van der Waals surface area contributed by atoms with E-state index in [0.29, 0.717) is 5.82 Å². The first-order valence-electron chi connectivity index (χ1n) is 20.1. The SMILES string of the molecule is c1ccc(-c2cccc(-c3ccc4nc(-c5cccc(-c6nc(-c7ccccc7)cc(-c7ccc8oc9ccccc9c8c7)n6)c5)c5sc6ccccc6c5c4c3)c2)cc1. The summed E-state index contributed by atoms with van der Waals surface area (Å²) in [4.78, 5) is 15.9. The van der Waals surface area contributed by atoms with E-state index in [1.807, 2.05) is 42.5 Å². The number of hydrogen-bond donors (Lipinski definition) is 0. The van der Waals surface area contributed by atoms with Gasteiger partial charge >= 0.3 is 0 Å². The Balaban J connectivity index is 1.01. The van der Waals surface area contributed by atoms with Gasteiger partial charge < -0.3 is 4.42 Å². The molecule has 0 aliphatic heterocycles. The molecule has 4 nitrogen and oxygen atoms in total. The zero-order valence-corrected chi connectivity index (χ0v) is 33.0. The third-order valence-corrected chi connectivity index (χ3v) is 12.7. The van der Waals surface area contributed by atoms with Crippen molar-refractivity contribution in [1.82, 2.24) is 15.0 Å². The summed E-state index contributed by atoms with van der Waals surface area (Å²) in [6.07, 6.45) is 0. The van der Waals surface area contributed by atoms with E-state index >= 15 is 0 Å². The van der Waals surface area contributed by atoms with Crippen molar-refractivity contribution in [1.29, 1.82) is 0 Å². The minimum Gasteiger partial charge on any atom is -0.456 e. The fourth-order valence-electron chi connectivity index (χ4n) is 8.54. The van der Waals surface area contributed by atoms with Crippen molar-refractivity contribution in [3.8, 4) is 67.4 Å². The molecule has 0 amide bonds. The molecule has 0 aliphatic rings. The van der Waals surface area contributed by atoms with Crippen molar-refractivity contribution in [2.24, 2.45) is 0 Å². The van der Waals surface area contributed by atoms with E-state index in [-0.39, 0.29) is 0 Å². The van der Waals surface area contributed by atoms with E-state index in [1.54, 1.807) is 11.3 Å². The number of para-hydroxylation sites is 1. The van der Waals surface area contributed by atoms with Crippen LogP contribution in [0.2, 0.25) is 0 Å². The van der Waals surface area contributed by atoms with Gasteiger partial charge in [0.05, 0.1) is 27.3 Å². The van der Waals surface area contributed by atoms with Gasteiger partial charge in [0, 0.05) is 53.9 Å². The second-order valence-corrected chi connectivity index (χ2v) is 16.2. The van der Waals surface area contributed by atoms with Gasteiger partial charge in [0.1, 0.15) is 11.2 Å². The van der Waals surface area contributed by atoms with Crippen molar-refractivity contribution in [2.45, 2.75) is 0 Å². The van der Waals surface area contributed by atoms with Crippen LogP contribution >= 0.6 is 11.3 Å². The van der Waals surface area contributed by atoms with E-state index in [2.05, 4.69) is 158 Å². The van der Waals surface area contributed by atoms with E-state index in [1.165, 1.54) is 37.7 Å². The quantitative estimate of drug-likeness (QED) is 0.169. The van der Waals surface area contributed by atoms with E-state index in [4.69, 9.17) is 19.4 Å². The van der Waals surface area contributed by atoms with E-state index in [0.717, 1.165) is 76.9 Å². The maximum absolute atomic E-state index is 6.17. The Labute approximate surface area is 349 Å². The zero-order valence-electron chi connectivity index (χ0n) is 32.2. The molecule has 0 fully saturated rings. The highest BCUT2D eigenvalue weighted by atomic mass is 32.1. The average molecular weight is 784 g/mol. The van der Waals surface area contributed by atoms with Crippen LogP contribution in [0.3, 0.4) is 0 Å². The minimum absolute atomic E-state index is 0.654. The van der Waals surface area contributed by atoms with Crippen molar-refractivity contribution < 1.29 is 4.42 Å². The fourth-order valence-corrected chi connectivity index (χ4v) is 9.77. The van der Waals surface area contributed by atoms with Gasteiger partial charge in [-0.3, -0.25) is 0 Å². The number of furan rings is 1. The third-order valence-electron chi connectivity index (χ3n) is 11.5. The van der Waals surface area contributed by atoms with Gasteiger partial charge in [0.25, 0.3) is 0 Å². The van der Waals surface area contributed by atoms with Crippen LogP contribution in [0.5, 0.6) is 0 Å². The third kappa shape index (κ3) is 5.86. The summed E-state index contributed by atoms with van der Waals surface area (Å²) < 4.78 is 8.57. The van der Waals surface area contributed by atoms with Crippen LogP contribution in [-0.2, 0) is 0 Å². The topological polar surface area (TPSA) is 51.8 Å². The number of rotatable bonds is 6. The summed E-state index contributed by atoms with van der Waals surface area (Å²) in [7, 11) is 0. The molecule has 0 aliphatic carbocycles. The summed E-state index contributed by atoms with van der Waals surface area (Å²) >= 11 is 1.80. The Morgan fingerprint density at radius 1 is 0.350 bits per heavy atom. The Kier molecular flexibility index (Phi) is 8.00. The summed E-state index contributed by atoms with van der Waals surface area (Å²) in [5.41, 5.74) is 14.1. The normalized spacial score (nSPS) is 11.7. The van der Waals surface area contributed by atoms with Gasteiger partial charge in [-0.25, -0.2) is 15.0 Å². The number of pyridine rings is 1. The average Bonchev–Trinajstić information content (AvgIpc) is 3.91. The lowest BCUT2D eigenvalue weighted by atomic mass is 9.96. The Morgan fingerprint density at radius 3 is 1.77 bits per heavy atom. The van der Waals surface area contributed by atoms with Crippen LogP contribution < -0.4 is 0 Å². The molecule has 0 N–H and O–H groups in total. The molecular weight excluding hydrogens is 751 g/mol. The molecule has 5 heteroatoms. The second kappa shape index (κ2) is 14.0. The van der Waals surface area contributed by atoms with Crippen molar-refractivity contribution >= 4 is 64.4 Å². The monoisotopic (exact) mass is 783 g/mol.